The van der Waals surface area contributed by atoms with Gasteiger partial charge in [-0.05, 0) is 66.9 Å². The lowest BCUT2D eigenvalue weighted by molar-refractivity contribution is -0.124. The molecule has 0 spiro atoms. The summed E-state index contributed by atoms with van der Waals surface area (Å²) < 4.78 is 5.74. The van der Waals surface area contributed by atoms with E-state index in [1.165, 1.54) is 6.21 Å². The molecule has 0 atom stereocenters. The van der Waals surface area contributed by atoms with Crippen LogP contribution in [-0.2, 0) is 16.2 Å². The summed E-state index contributed by atoms with van der Waals surface area (Å²) in [4.78, 5) is 24.1. The highest BCUT2D eigenvalue weighted by atomic mass is 16.5. The molecule has 0 aliphatic heterocycles. The van der Waals surface area contributed by atoms with E-state index in [0.29, 0.717) is 17.9 Å². The fourth-order valence-electron chi connectivity index (χ4n) is 3.13. The van der Waals surface area contributed by atoms with Crippen LogP contribution >= 0.6 is 0 Å². The van der Waals surface area contributed by atoms with Crippen molar-refractivity contribution in [1.82, 2.24) is 5.43 Å². The zero-order chi connectivity index (χ0) is 24.3. The molecule has 3 aromatic carbocycles. The van der Waals surface area contributed by atoms with Crippen LogP contribution < -0.4 is 15.5 Å². The maximum absolute atomic E-state index is 12.1. The standard InChI is InChI=1S/C27H26N4O3/c1-19-6-5-9-25(20(19)2)30-26(32)14-15-27(33)31-29-17-21-10-12-24(13-11-21)34-18-23-8-4-3-7-22(23)16-28/h3-13,17H,14-15,18H2,1-2H3,(H,30,32)(H,31,33). The molecule has 0 aliphatic rings. The SMILES string of the molecule is Cc1cccc(NC(=O)CCC(=O)NN=Cc2ccc(OCc3ccccc3C#N)cc2)c1C. The molecule has 0 aromatic heterocycles. The van der Waals surface area contributed by atoms with E-state index in [-0.39, 0.29) is 24.7 Å². The number of anilines is 1. The largest absolute Gasteiger partial charge is 0.489 e. The molecule has 0 saturated heterocycles. The lowest BCUT2D eigenvalue weighted by Gasteiger charge is -2.10. The molecule has 7 heteroatoms. The summed E-state index contributed by atoms with van der Waals surface area (Å²) in [5.41, 5.74) is 7.47. The molecular formula is C27H26N4O3. The van der Waals surface area contributed by atoms with Gasteiger partial charge in [0, 0.05) is 24.1 Å². The molecule has 0 aliphatic carbocycles. The van der Waals surface area contributed by atoms with Gasteiger partial charge in [0.15, 0.2) is 0 Å². The van der Waals surface area contributed by atoms with Gasteiger partial charge in [-0.1, -0.05) is 30.3 Å². The predicted octanol–water partition coefficient (Wildman–Crippen LogP) is 4.62. The Morgan fingerprint density at radius 1 is 0.971 bits per heavy atom. The van der Waals surface area contributed by atoms with Gasteiger partial charge in [-0.25, -0.2) is 5.43 Å². The van der Waals surface area contributed by atoms with E-state index < -0.39 is 0 Å². The first kappa shape index (κ1) is 24.2. The Bertz CT molecular complexity index is 1230. The van der Waals surface area contributed by atoms with Crippen LogP contribution in [0.3, 0.4) is 0 Å². The molecular weight excluding hydrogens is 428 g/mol. The number of rotatable bonds is 9. The molecule has 0 saturated carbocycles. The molecule has 172 valence electrons. The number of hydrogen-bond donors (Lipinski definition) is 2. The zero-order valence-corrected chi connectivity index (χ0v) is 19.2. The number of carbonyl (C=O) groups is 2. The number of aryl methyl sites for hydroxylation is 1. The number of hydrazone groups is 1. The van der Waals surface area contributed by atoms with Crippen LogP contribution in [0.2, 0.25) is 0 Å². The summed E-state index contributed by atoms with van der Waals surface area (Å²) in [5, 5.41) is 15.9. The van der Waals surface area contributed by atoms with Crippen molar-refractivity contribution in [3.63, 3.8) is 0 Å². The summed E-state index contributed by atoms with van der Waals surface area (Å²) in [6.45, 7) is 4.22. The fourth-order valence-corrected chi connectivity index (χ4v) is 3.13. The number of nitrogens with zero attached hydrogens (tertiary/aromatic N) is 2. The maximum Gasteiger partial charge on any atom is 0.240 e. The first-order valence-electron chi connectivity index (χ1n) is 10.8. The number of ether oxygens (including phenoxy) is 1. The van der Waals surface area contributed by atoms with Crippen molar-refractivity contribution >= 4 is 23.7 Å². The van der Waals surface area contributed by atoms with Crippen molar-refractivity contribution in [3.8, 4) is 11.8 Å². The van der Waals surface area contributed by atoms with Gasteiger partial charge in [-0.15, -0.1) is 0 Å². The number of nitriles is 1. The van der Waals surface area contributed by atoms with Gasteiger partial charge in [0.2, 0.25) is 11.8 Å². The number of nitrogens with one attached hydrogen (secondary N) is 2. The van der Waals surface area contributed by atoms with Gasteiger partial charge in [0.25, 0.3) is 0 Å². The van der Waals surface area contributed by atoms with Gasteiger partial charge in [-0.3, -0.25) is 9.59 Å². The van der Waals surface area contributed by atoms with Crippen LogP contribution in [0.1, 0.15) is 40.7 Å². The number of amides is 2. The maximum atomic E-state index is 12.1. The van der Waals surface area contributed by atoms with Gasteiger partial charge in [-0.2, -0.15) is 10.4 Å². The summed E-state index contributed by atoms with van der Waals surface area (Å²) in [6.07, 6.45) is 1.61. The lowest BCUT2D eigenvalue weighted by Crippen LogP contribution is -2.21. The van der Waals surface area contributed by atoms with Crippen LogP contribution in [0, 0.1) is 25.2 Å². The molecule has 0 heterocycles. The van der Waals surface area contributed by atoms with E-state index in [9.17, 15) is 9.59 Å². The van der Waals surface area contributed by atoms with Gasteiger partial charge >= 0.3 is 0 Å². The summed E-state index contributed by atoms with van der Waals surface area (Å²) >= 11 is 0. The molecule has 0 unspecified atom stereocenters. The Hall–Kier alpha value is -4.44. The van der Waals surface area contributed by atoms with E-state index in [4.69, 9.17) is 10.00 Å². The molecule has 3 rings (SSSR count). The quantitative estimate of drug-likeness (QED) is 0.364. The van der Waals surface area contributed by atoms with Crippen molar-refractivity contribution in [3.05, 3.63) is 94.5 Å². The summed E-state index contributed by atoms with van der Waals surface area (Å²) in [7, 11) is 0. The molecule has 7 nitrogen and oxygen atoms in total. The molecule has 34 heavy (non-hydrogen) atoms. The third-order valence-electron chi connectivity index (χ3n) is 5.27. The highest BCUT2D eigenvalue weighted by molar-refractivity contribution is 5.94. The van der Waals surface area contributed by atoms with E-state index in [2.05, 4.69) is 21.9 Å². The molecule has 3 aromatic rings. The van der Waals surface area contributed by atoms with Crippen molar-refractivity contribution in [2.24, 2.45) is 5.10 Å². The Balaban J connectivity index is 1.41. The monoisotopic (exact) mass is 454 g/mol. The number of hydrogen-bond acceptors (Lipinski definition) is 5. The average Bonchev–Trinajstić information content (AvgIpc) is 2.85. The molecule has 0 bridgehead atoms. The second-order valence-corrected chi connectivity index (χ2v) is 7.72. The minimum atomic E-state index is -0.344. The highest BCUT2D eigenvalue weighted by Crippen LogP contribution is 2.18. The Morgan fingerprint density at radius 2 is 1.71 bits per heavy atom. The van der Waals surface area contributed by atoms with E-state index in [1.807, 2.05) is 50.2 Å². The minimum absolute atomic E-state index is 0.0327. The molecule has 0 fully saturated rings. The molecule has 2 amide bonds. The molecule has 2 N–H and O–H groups in total. The smallest absolute Gasteiger partial charge is 0.240 e. The van der Waals surface area contributed by atoms with Crippen LogP contribution in [0.4, 0.5) is 5.69 Å². The highest BCUT2D eigenvalue weighted by Gasteiger charge is 2.09. The second kappa shape index (κ2) is 12.0. The van der Waals surface area contributed by atoms with Crippen molar-refractivity contribution < 1.29 is 14.3 Å². The second-order valence-electron chi connectivity index (χ2n) is 7.72. The fraction of sp³-hybridized carbons (Fsp3) is 0.185. The van der Waals surface area contributed by atoms with Gasteiger partial charge < -0.3 is 10.1 Å². The Kier molecular flexibility index (Phi) is 8.53. The molecule has 0 radical (unpaired) electrons. The van der Waals surface area contributed by atoms with Crippen LogP contribution in [0.15, 0.2) is 71.8 Å². The minimum Gasteiger partial charge on any atom is -0.489 e. The van der Waals surface area contributed by atoms with Crippen molar-refractivity contribution in [1.29, 1.82) is 5.26 Å². The van der Waals surface area contributed by atoms with Crippen LogP contribution in [0.25, 0.3) is 0 Å². The van der Waals surface area contributed by atoms with Gasteiger partial charge in [0.05, 0.1) is 17.8 Å². The lowest BCUT2D eigenvalue weighted by atomic mass is 10.1. The predicted molar refractivity (Wildman–Crippen MR) is 131 cm³/mol. The van der Waals surface area contributed by atoms with Crippen molar-refractivity contribution in [2.45, 2.75) is 33.3 Å². The zero-order valence-electron chi connectivity index (χ0n) is 19.2. The Morgan fingerprint density at radius 3 is 2.47 bits per heavy atom. The van der Waals surface area contributed by atoms with E-state index >= 15 is 0 Å². The van der Waals surface area contributed by atoms with Gasteiger partial charge in [0.1, 0.15) is 12.4 Å². The first-order chi connectivity index (χ1) is 16.5. The normalized spacial score (nSPS) is 10.5. The topological polar surface area (TPSA) is 104 Å². The van der Waals surface area contributed by atoms with Crippen LogP contribution in [0.5, 0.6) is 5.75 Å². The van der Waals surface area contributed by atoms with Crippen LogP contribution in [-0.4, -0.2) is 18.0 Å². The Labute approximate surface area is 199 Å². The van der Waals surface area contributed by atoms with E-state index in [1.54, 1.807) is 30.3 Å². The number of benzene rings is 3. The summed E-state index contributed by atoms with van der Waals surface area (Å²) in [5.74, 6) is 0.0908. The van der Waals surface area contributed by atoms with E-state index in [0.717, 1.165) is 27.9 Å². The average molecular weight is 455 g/mol. The number of carbonyl (C=O) groups excluding carboxylic acids is 2. The third kappa shape index (κ3) is 7.04. The third-order valence-corrected chi connectivity index (χ3v) is 5.27. The van der Waals surface area contributed by atoms with Crippen molar-refractivity contribution in [2.75, 3.05) is 5.32 Å². The first-order valence-corrected chi connectivity index (χ1v) is 10.8. The summed E-state index contributed by atoms with van der Waals surface area (Å²) in [6, 6.07) is 22.3.